The van der Waals surface area contributed by atoms with Gasteiger partial charge < -0.3 is 5.32 Å². The topological polar surface area (TPSA) is 12.0 Å². The number of rotatable bonds is 5. The van der Waals surface area contributed by atoms with Gasteiger partial charge in [-0.2, -0.15) is 0 Å². The lowest BCUT2D eigenvalue weighted by Gasteiger charge is -2.23. The van der Waals surface area contributed by atoms with Crippen LogP contribution in [-0.2, 0) is 0 Å². The molecule has 0 amide bonds. The van der Waals surface area contributed by atoms with Crippen LogP contribution in [0, 0.1) is 0 Å². The minimum Gasteiger partial charge on any atom is -0.303 e. The highest BCUT2D eigenvalue weighted by Crippen LogP contribution is 2.24. The first kappa shape index (κ1) is 15.4. The smallest absolute Gasteiger partial charge is 0.0409 e. The van der Waals surface area contributed by atoms with Crippen LogP contribution < -0.4 is 5.32 Å². The molecule has 0 bridgehead atoms. The highest BCUT2D eigenvalue weighted by atomic mass is 35.5. The van der Waals surface area contributed by atoms with Crippen molar-refractivity contribution in [1.29, 1.82) is 0 Å². The number of nitrogens with one attached hydrogen (secondary N) is 1. The lowest BCUT2D eigenvalue weighted by molar-refractivity contribution is 0.456. The summed E-state index contributed by atoms with van der Waals surface area (Å²) in [4.78, 5) is 0. The summed E-state index contributed by atoms with van der Waals surface area (Å²) in [5.41, 5.74) is 2.45. The molecule has 0 heterocycles. The van der Waals surface area contributed by atoms with Crippen molar-refractivity contribution in [3.05, 3.63) is 69.7 Å². The first-order valence-electron chi connectivity index (χ1n) is 6.87. The molecule has 3 heteroatoms. The van der Waals surface area contributed by atoms with Gasteiger partial charge in [0.2, 0.25) is 0 Å². The van der Waals surface area contributed by atoms with Gasteiger partial charge in [0, 0.05) is 22.1 Å². The van der Waals surface area contributed by atoms with Gasteiger partial charge in [0.15, 0.2) is 0 Å². The summed E-state index contributed by atoms with van der Waals surface area (Å²) >= 11 is 12.0. The van der Waals surface area contributed by atoms with Crippen LogP contribution >= 0.6 is 23.2 Å². The zero-order valence-electron chi connectivity index (χ0n) is 11.7. The molecule has 20 heavy (non-hydrogen) atoms. The van der Waals surface area contributed by atoms with Crippen molar-refractivity contribution in [2.75, 3.05) is 0 Å². The van der Waals surface area contributed by atoms with Crippen molar-refractivity contribution in [3.8, 4) is 0 Å². The first-order valence-corrected chi connectivity index (χ1v) is 7.62. The van der Waals surface area contributed by atoms with Crippen LogP contribution in [0.3, 0.4) is 0 Å². The summed E-state index contributed by atoms with van der Waals surface area (Å²) in [6.45, 7) is 4.33. The number of hydrogen-bond donors (Lipinski definition) is 1. The highest BCUT2D eigenvalue weighted by Gasteiger charge is 2.13. The van der Waals surface area contributed by atoms with Gasteiger partial charge in [0.05, 0.1) is 0 Å². The average molecular weight is 308 g/mol. The minimum atomic E-state index is 0.245. The molecule has 0 aliphatic heterocycles. The fourth-order valence-electron chi connectivity index (χ4n) is 2.32. The van der Waals surface area contributed by atoms with Gasteiger partial charge in [0.1, 0.15) is 0 Å². The zero-order chi connectivity index (χ0) is 14.5. The Balaban J connectivity index is 2.11. The average Bonchev–Trinajstić information content (AvgIpc) is 2.45. The molecule has 0 saturated carbocycles. The Morgan fingerprint density at radius 2 is 1.65 bits per heavy atom. The van der Waals surface area contributed by atoms with Crippen LogP contribution in [0.4, 0.5) is 0 Å². The summed E-state index contributed by atoms with van der Waals surface area (Å²) in [6.07, 6.45) is 1.02. The van der Waals surface area contributed by atoms with Gasteiger partial charge >= 0.3 is 0 Å². The molecule has 0 saturated heterocycles. The van der Waals surface area contributed by atoms with E-state index >= 15 is 0 Å². The van der Waals surface area contributed by atoms with E-state index in [1.807, 2.05) is 30.3 Å². The summed E-state index contributed by atoms with van der Waals surface area (Å²) in [5.74, 6) is 0. The lowest BCUT2D eigenvalue weighted by atomic mass is 10.0. The van der Waals surface area contributed by atoms with E-state index in [1.165, 1.54) is 11.1 Å². The second-order valence-electron chi connectivity index (χ2n) is 4.96. The van der Waals surface area contributed by atoms with Crippen LogP contribution in [0.15, 0.2) is 48.5 Å². The third-order valence-electron chi connectivity index (χ3n) is 3.48. The van der Waals surface area contributed by atoms with Crippen LogP contribution in [0.25, 0.3) is 0 Å². The van der Waals surface area contributed by atoms with Crippen molar-refractivity contribution in [2.24, 2.45) is 0 Å². The van der Waals surface area contributed by atoms with E-state index in [2.05, 4.69) is 37.4 Å². The van der Waals surface area contributed by atoms with Gasteiger partial charge in [0.25, 0.3) is 0 Å². The largest absolute Gasteiger partial charge is 0.303 e. The Morgan fingerprint density at radius 3 is 2.25 bits per heavy atom. The standard InChI is InChI=1S/C17H19Cl2N/c1-3-17(13-7-9-15(18)10-8-13)20-12(2)14-5-4-6-16(19)11-14/h4-12,17,20H,3H2,1-2H3/t12-,17?/m1/s1. The number of hydrogen-bond acceptors (Lipinski definition) is 1. The van der Waals surface area contributed by atoms with E-state index in [1.54, 1.807) is 0 Å². The Hall–Kier alpha value is -1.02. The molecule has 0 aliphatic carbocycles. The van der Waals surface area contributed by atoms with Crippen molar-refractivity contribution in [2.45, 2.75) is 32.4 Å². The number of halogens is 2. The molecule has 1 N–H and O–H groups in total. The maximum Gasteiger partial charge on any atom is 0.0409 e. The van der Waals surface area contributed by atoms with Crippen LogP contribution in [0.2, 0.25) is 10.0 Å². The predicted molar refractivity (Wildman–Crippen MR) is 87.5 cm³/mol. The monoisotopic (exact) mass is 307 g/mol. The molecule has 0 aromatic heterocycles. The Kier molecular flexibility index (Phi) is 5.47. The second kappa shape index (κ2) is 7.12. The van der Waals surface area contributed by atoms with E-state index in [-0.39, 0.29) is 6.04 Å². The van der Waals surface area contributed by atoms with Gasteiger partial charge in [-0.15, -0.1) is 0 Å². The van der Waals surface area contributed by atoms with Crippen molar-refractivity contribution in [3.63, 3.8) is 0 Å². The van der Waals surface area contributed by atoms with Crippen molar-refractivity contribution < 1.29 is 0 Å². The molecule has 1 unspecified atom stereocenters. The molecule has 0 aliphatic rings. The molecule has 2 aromatic carbocycles. The molecular weight excluding hydrogens is 289 g/mol. The van der Waals surface area contributed by atoms with E-state index < -0.39 is 0 Å². The van der Waals surface area contributed by atoms with Gasteiger partial charge in [-0.05, 0) is 48.7 Å². The predicted octanol–water partition coefficient (Wildman–Crippen LogP) is 5.80. The summed E-state index contributed by atoms with van der Waals surface area (Å²) < 4.78 is 0. The third-order valence-corrected chi connectivity index (χ3v) is 3.97. The number of benzene rings is 2. The van der Waals surface area contributed by atoms with E-state index in [0.29, 0.717) is 6.04 Å². The summed E-state index contributed by atoms with van der Waals surface area (Å²) in [6, 6.07) is 16.6. The molecule has 2 aromatic rings. The van der Waals surface area contributed by atoms with E-state index in [4.69, 9.17) is 23.2 Å². The van der Waals surface area contributed by atoms with Gasteiger partial charge in [-0.3, -0.25) is 0 Å². The first-order chi connectivity index (χ1) is 9.60. The molecule has 0 fully saturated rings. The molecular formula is C17H19Cl2N. The van der Waals surface area contributed by atoms with Crippen LogP contribution in [0.1, 0.15) is 43.5 Å². The Bertz CT molecular complexity index is 551. The Morgan fingerprint density at radius 1 is 0.950 bits per heavy atom. The SMILES string of the molecule is CCC(N[C@H](C)c1cccc(Cl)c1)c1ccc(Cl)cc1. The normalized spacial score (nSPS) is 14.0. The molecule has 0 spiro atoms. The maximum atomic E-state index is 6.05. The quantitative estimate of drug-likeness (QED) is 0.736. The van der Waals surface area contributed by atoms with Crippen molar-refractivity contribution >= 4 is 23.2 Å². The summed E-state index contributed by atoms with van der Waals surface area (Å²) in [5, 5.41) is 5.19. The Labute approximate surface area is 130 Å². The lowest BCUT2D eigenvalue weighted by Crippen LogP contribution is -2.24. The van der Waals surface area contributed by atoms with E-state index in [9.17, 15) is 0 Å². The van der Waals surface area contributed by atoms with Gasteiger partial charge in [-0.25, -0.2) is 0 Å². The molecule has 2 rings (SSSR count). The van der Waals surface area contributed by atoms with Crippen molar-refractivity contribution in [1.82, 2.24) is 5.32 Å². The second-order valence-corrected chi connectivity index (χ2v) is 5.83. The minimum absolute atomic E-state index is 0.245. The third kappa shape index (κ3) is 3.99. The zero-order valence-corrected chi connectivity index (χ0v) is 13.2. The molecule has 1 nitrogen and oxygen atoms in total. The fraction of sp³-hybridized carbons (Fsp3) is 0.294. The van der Waals surface area contributed by atoms with E-state index in [0.717, 1.165) is 16.5 Å². The molecule has 106 valence electrons. The maximum absolute atomic E-state index is 6.05. The summed E-state index contributed by atoms with van der Waals surface area (Å²) in [7, 11) is 0. The molecule has 2 atom stereocenters. The van der Waals surface area contributed by atoms with Crippen LogP contribution in [0.5, 0.6) is 0 Å². The fourth-order valence-corrected chi connectivity index (χ4v) is 2.64. The van der Waals surface area contributed by atoms with Crippen LogP contribution in [-0.4, -0.2) is 0 Å². The van der Waals surface area contributed by atoms with Gasteiger partial charge in [-0.1, -0.05) is 54.4 Å². The highest BCUT2D eigenvalue weighted by molar-refractivity contribution is 6.30. The molecule has 0 radical (unpaired) electrons.